The number of hydrogen-bond acceptors (Lipinski definition) is 4. The summed E-state index contributed by atoms with van der Waals surface area (Å²) in [6.45, 7) is 8.41. The van der Waals surface area contributed by atoms with E-state index in [0.717, 1.165) is 12.0 Å². The van der Waals surface area contributed by atoms with Crippen molar-refractivity contribution in [3.8, 4) is 0 Å². The second-order valence-corrected chi connectivity index (χ2v) is 6.47. The van der Waals surface area contributed by atoms with Crippen LogP contribution in [0.1, 0.15) is 39.7 Å². The third kappa shape index (κ3) is 8.53. The average molecular weight is 336 g/mol. The van der Waals surface area contributed by atoms with Crippen molar-refractivity contribution in [2.75, 3.05) is 13.2 Å². The van der Waals surface area contributed by atoms with Gasteiger partial charge in [0.25, 0.3) is 0 Å². The third-order valence-corrected chi connectivity index (χ3v) is 3.05. The summed E-state index contributed by atoms with van der Waals surface area (Å²) in [6, 6.07) is 8.56. The molecule has 0 unspecified atom stereocenters. The molecule has 1 aromatic rings. The summed E-state index contributed by atoms with van der Waals surface area (Å²) in [5.74, 6) is -0.280. The highest BCUT2D eigenvalue weighted by Gasteiger charge is 2.24. The van der Waals surface area contributed by atoms with Crippen LogP contribution in [0.3, 0.4) is 0 Å². The van der Waals surface area contributed by atoms with Gasteiger partial charge in [-0.3, -0.25) is 4.79 Å². The smallest absolute Gasteiger partial charge is 0.408 e. The van der Waals surface area contributed by atoms with Crippen molar-refractivity contribution in [3.05, 3.63) is 35.9 Å². The van der Waals surface area contributed by atoms with Crippen molar-refractivity contribution in [2.45, 2.75) is 52.4 Å². The highest BCUT2D eigenvalue weighted by molar-refractivity contribution is 5.85. The zero-order chi connectivity index (χ0) is 18.0. The van der Waals surface area contributed by atoms with Gasteiger partial charge in [-0.1, -0.05) is 37.3 Å². The van der Waals surface area contributed by atoms with Crippen molar-refractivity contribution in [2.24, 2.45) is 0 Å². The van der Waals surface area contributed by atoms with Gasteiger partial charge in [0.2, 0.25) is 5.91 Å². The summed E-state index contributed by atoms with van der Waals surface area (Å²) in [4.78, 5) is 24.1. The molecule has 1 atom stereocenters. The number of ether oxygens (including phenoxy) is 2. The Morgan fingerprint density at radius 2 is 1.83 bits per heavy atom. The second-order valence-electron chi connectivity index (χ2n) is 6.47. The number of benzene rings is 1. The van der Waals surface area contributed by atoms with Crippen LogP contribution in [0.5, 0.6) is 0 Å². The molecule has 0 aromatic heterocycles. The zero-order valence-corrected chi connectivity index (χ0v) is 14.9. The van der Waals surface area contributed by atoms with Gasteiger partial charge in [-0.2, -0.15) is 0 Å². The van der Waals surface area contributed by atoms with Crippen molar-refractivity contribution in [1.29, 1.82) is 0 Å². The van der Waals surface area contributed by atoms with Crippen LogP contribution >= 0.6 is 0 Å². The number of amides is 2. The SMILES string of the molecule is CCCNC(=O)[C@H](COC(C)(C)C)NC(=O)OCc1ccccc1. The molecule has 24 heavy (non-hydrogen) atoms. The van der Waals surface area contributed by atoms with Crippen LogP contribution in [0.25, 0.3) is 0 Å². The molecular formula is C18H28N2O4. The van der Waals surface area contributed by atoms with Gasteiger partial charge in [-0.15, -0.1) is 0 Å². The normalized spacial score (nSPS) is 12.3. The molecule has 1 aromatic carbocycles. The van der Waals surface area contributed by atoms with E-state index in [4.69, 9.17) is 9.47 Å². The first kappa shape index (κ1) is 20.0. The largest absolute Gasteiger partial charge is 0.445 e. The molecule has 0 heterocycles. The predicted octanol–water partition coefficient (Wildman–Crippen LogP) is 2.62. The maximum atomic E-state index is 12.2. The first-order valence-corrected chi connectivity index (χ1v) is 8.20. The van der Waals surface area contributed by atoms with Gasteiger partial charge in [0.15, 0.2) is 0 Å². The molecule has 0 aliphatic heterocycles. The fraction of sp³-hybridized carbons (Fsp3) is 0.556. The average Bonchev–Trinajstić information content (AvgIpc) is 2.54. The molecule has 0 saturated heterocycles. The molecule has 0 fully saturated rings. The molecule has 0 saturated carbocycles. The fourth-order valence-corrected chi connectivity index (χ4v) is 1.79. The molecule has 134 valence electrons. The Hall–Kier alpha value is -2.08. The molecule has 2 amide bonds. The highest BCUT2D eigenvalue weighted by atomic mass is 16.5. The number of nitrogens with one attached hydrogen (secondary N) is 2. The molecule has 6 heteroatoms. The maximum absolute atomic E-state index is 12.2. The Bertz CT molecular complexity index is 512. The Kier molecular flexibility index (Phi) is 8.26. The van der Waals surface area contributed by atoms with Gasteiger partial charge in [0.1, 0.15) is 12.6 Å². The summed E-state index contributed by atoms with van der Waals surface area (Å²) in [5, 5.41) is 5.33. The van der Waals surface area contributed by atoms with Gasteiger partial charge in [-0.25, -0.2) is 4.79 Å². The Labute approximate surface area is 143 Å². The summed E-state index contributed by atoms with van der Waals surface area (Å²) in [6.07, 6.45) is 0.171. The van der Waals surface area contributed by atoms with E-state index in [-0.39, 0.29) is 19.1 Å². The van der Waals surface area contributed by atoms with E-state index in [0.29, 0.717) is 6.54 Å². The topological polar surface area (TPSA) is 76.7 Å². The summed E-state index contributed by atoms with van der Waals surface area (Å²) < 4.78 is 10.8. The Morgan fingerprint density at radius 3 is 2.42 bits per heavy atom. The van der Waals surface area contributed by atoms with E-state index in [9.17, 15) is 9.59 Å². The van der Waals surface area contributed by atoms with Crippen LogP contribution in [-0.2, 0) is 20.9 Å². The molecule has 2 N–H and O–H groups in total. The minimum Gasteiger partial charge on any atom is -0.445 e. The second kappa shape index (κ2) is 9.93. The van der Waals surface area contributed by atoms with Crippen LogP contribution in [0.4, 0.5) is 4.79 Å². The summed E-state index contributed by atoms with van der Waals surface area (Å²) in [7, 11) is 0. The highest BCUT2D eigenvalue weighted by Crippen LogP contribution is 2.07. The first-order valence-electron chi connectivity index (χ1n) is 8.20. The molecular weight excluding hydrogens is 308 g/mol. The quantitative estimate of drug-likeness (QED) is 0.765. The van der Waals surface area contributed by atoms with E-state index in [2.05, 4.69) is 10.6 Å². The molecule has 0 radical (unpaired) electrons. The van der Waals surface area contributed by atoms with E-state index in [1.54, 1.807) is 0 Å². The molecule has 1 rings (SSSR count). The van der Waals surface area contributed by atoms with Crippen LogP contribution in [0.15, 0.2) is 30.3 Å². The number of carbonyl (C=O) groups is 2. The minimum atomic E-state index is -0.793. The zero-order valence-electron chi connectivity index (χ0n) is 14.9. The lowest BCUT2D eigenvalue weighted by Gasteiger charge is -2.24. The first-order chi connectivity index (χ1) is 11.3. The van der Waals surface area contributed by atoms with Crippen LogP contribution < -0.4 is 10.6 Å². The molecule has 0 spiro atoms. The maximum Gasteiger partial charge on any atom is 0.408 e. The minimum absolute atomic E-state index is 0.0828. The van der Waals surface area contributed by atoms with Gasteiger partial charge < -0.3 is 20.1 Å². The van der Waals surface area contributed by atoms with E-state index >= 15 is 0 Å². The van der Waals surface area contributed by atoms with Gasteiger partial charge in [0, 0.05) is 6.54 Å². The van der Waals surface area contributed by atoms with Gasteiger partial charge in [0.05, 0.1) is 12.2 Å². The van der Waals surface area contributed by atoms with Crippen LogP contribution in [0.2, 0.25) is 0 Å². The standard InChI is InChI=1S/C18H28N2O4/c1-5-11-19-16(21)15(13-24-18(2,3)4)20-17(22)23-12-14-9-7-6-8-10-14/h6-10,15H,5,11-13H2,1-4H3,(H,19,21)(H,20,22)/t15-/m0/s1. The van der Waals surface area contributed by atoms with Crippen molar-refractivity contribution in [1.82, 2.24) is 10.6 Å². The third-order valence-electron chi connectivity index (χ3n) is 3.05. The lowest BCUT2D eigenvalue weighted by molar-refractivity contribution is -0.126. The van der Waals surface area contributed by atoms with E-state index in [1.165, 1.54) is 0 Å². The van der Waals surface area contributed by atoms with Crippen LogP contribution in [0, 0.1) is 0 Å². The summed E-state index contributed by atoms with van der Waals surface area (Å²) in [5.41, 5.74) is 0.476. The van der Waals surface area contributed by atoms with Gasteiger partial charge in [-0.05, 0) is 32.8 Å². The molecule has 0 aliphatic rings. The number of hydrogen-bond donors (Lipinski definition) is 2. The monoisotopic (exact) mass is 336 g/mol. The van der Waals surface area contributed by atoms with E-state index < -0.39 is 17.7 Å². The van der Waals surface area contributed by atoms with Crippen LogP contribution in [-0.4, -0.2) is 36.8 Å². The number of rotatable bonds is 8. The van der Waals surface area contributed by atoms with Gasteiger partial charge >= 0.3 is 6.09 Å². The van der Waals surface area contributed by atoms with Crippen molar-refractivity contribution >= 4 is 12.0 Å². The lowest BCUT2D eigenvalue weighted by Crippen LogP contribution is -2.50. The predicted molar refractivity (Wildman–Crippen MR) is 92.6 cm³/mol. The number of carbonyl (C=O) groups excluding carboxylic acids is 2. The van der Waals surface area contributed by atoms with Crippen molar-refractivity contribution < 1.29 is 19.1 Å². The Balaban J connectivity index is 2.55. The fourth-order valence-electron chi connectivity index (χ4n) is 1.79. The Morgan fingerprint density at radius 1 is 1.17 bits per heavy atom. The molecule has 6 nitrogen and oxygen atoms in total. The molecule has 0 bridgehead atoms. The number of alkyl carbamates (subject to hydrolysis) is 1. The molecule has 0 aliphatic carbocycles. The lowest BCUT2D eigenvalue weighted by atomic mass is 10.2. The summed E-state index contributed by atoms with van der Waals surface area (Å²) >= 11 is 0. The van der Waals surface area contributed by atoms with E-state index in [1.807, 2.05) is 58.0 Å². The van der Waals surface area contributed by atoms with Crippen molar-refractivity contribution in [3.63, 3.8) is 0 Å².